The number of carbonyl (C=O) groups excluding carboxylic acids is 1. The van der Waals surface area contributed by atoms with Gasteiger partial charge in [-0.15, -0.1) is 11.3 Å². The second kappa shape index (κ2) is 12.4. The van der Waals surface area contributed by atoms with Crippen LogP contribution < -0.4 is 5.32 Å². The van der Waals surface area contributed by atoms with E-state index in [0.29, 0.717) is 18.3 Å². The van der Waals surface area contributed by atoms with Crippen LogP contribution in [0.4, 0.5) is 0 Å². The summed E-state index contributed by atoms with van der Waals surface area (Å²) in [7, 11) is 0. The molecular weight excluding hydrogens is 488 g/mol. The number of amides is 1. The Morgan fingerprint density at radius 1 is 1.11 bits per heavy atom. The molecule has 1 N–H and O–H groups in total. The molecular formula is C28H36N4O2S2. The number of thioether (sulfide) groups is 1. The minimum Gasteiger partial charge on any atom is -0.381 e. The van der Waals surface area contributed by atoms with E-state index in [-0.39, 0.29) is 5.91 Å². The number of nitrogens with zero attached hydrogens (tertiary/aromatic N) is 3. The lowest BCUT2D eigenvalue weighted by atomic mass is 10.0. The normalized spacial score (nSPS) is 17.4. The molecule has 3 aromatic rings. The molecule has 2 saturated heterocycles. The number of rotatable bonds is 9. The van der Waals surface area contributed by atoms with Gasteiger partial charge in [0.15, 0.2) is 0 Å². The first-order valence-corrected chi connectivity index (χ1v) is 15.2. The van der Waals surface area contributed by atoms with Crippen LogP contribution in [0, 0.1) is 11.8 Å². The molecule has 1 amide bonds. The fourth-order valence-electron chi connectivity index (χ4n) is 5.00. The molecule has 6 nitrogen and oxygen atoms in total. The van der Waals surface area contributed by atoms with Gasteiger partial charge in [0.25, 0.3) is 0 Å². The lowest BCUT2D eigenvalue weighted by Gasteiger charge is -2.22. The van der Waals surface area contributed by atoms with Crippen LogP contribution in [0.5, 0.6) is 0 Å². The van der Waals surface area contributed by atoms with E-state index < -0.39 is 0 Å². The Hall–Kier alpha value is -2.16. The van der Waals surface area contributed by atoms with E-state index in [1.54, 1.807) is 11.3 Å². The summed E-state index contributed by atoms with van der Waals surface area (Å²) in [6.45, 7) is 5.45. The van der Waals surface area contributed by atoms with E-state index in [4.69, 9.17) is 14.8 Å². The highest BCUT2D eigenvalue weighted by Crippen LogP contribution is 2.36. The van der Waals surface area contributed by atoms with Gasteiger partial charge in [0, 0.05) is 37.2 Å². The Morgan fingerprint density at radius 3 is 2.64 bits per heavy atom. The highest BCUT2D eigenvalue weighted by Gasteiger charge is 2.22. The molecule has 36 heavy (non-hydrogen) atoms. The van der Waals surface area contributed by atoms with Crippen molar-refractivity contribution in [3.05, 3.63) is 47.1 Å². The van der Waals surface area contributed by atoms with Crippen molar-refractivity contribution >= 4 is 29.0 Å². The number of carbonyl (C=O) groups is 1. The molecule has 0 saturated carbocycles. The van der Waals surface area contributed by atoms with Gasteiger partial charge in [-0.1, -0.05) is 31.2 Å². The zero-order valence-electron chi connectivity index (χ0n) is 21.1. The Balaban J connectivity index is 1.33. The fraction of sp³-hybridized carbons (Fsp3) is 0.536. The minimum atomic E-state index is 0.0413. The first-order chi connectivity index (χ1) is 17.7. The van der Waals surface area contributed by atoms with E-state index in [1.165, 1.54) is 35.5 Å². The summed E-state index contributed by atoms with van der Waals surface area (Å²) >= 11 is 3.66. The van der Waals surface area contributed by atoms with Crippen molar-refractivity contribution in [2.45, 2.75) is 52.0 Å². The number of thiazole rings is 1. The zero-order chi connectivity index (χ0) is 24.7. The summed E-state index contributed by atoms with van der Waals surface area (Å²) in [4.78, 5) is 17.5. The van der Waals surface area contributed by atoms with Crippen molar-refractivity contribution in [2.75, 3.05) is 31.3 Å². The maximum atomic E-state index is 12.6. The molecule has 8 heteroatoms. The first-order valence-electron chi connectivity index (χ1n) is 13.2. The van der Waals surface area contributed by atoms with Crippen LogP contribution in [0.3, 0.4) is 0 Å². The average molecular weight is 525 g/mol. The maximum Gasteiger partial charge on any atom is 0.226 e. The van der Waals surface area contributed by atoms with Crippen molar-refractivity contribution in [3.63, 3.8) is 0 Å². The summed E-state index contributed by atoms with van der Waals surface area (Å²) in [5.41, 5.74) is 5.53. The van der Waals surface area contributed by atoms with Crippen LogP contribution in [-0.2, 0) is 28.9 Å². The van der Waals surface area contributed by atoms with Crippen molar-refractivity contribution in [2.24, 2.45) is 11.8 Å². The third-order valence-corrected chi connectivity index (χ3v) is 9.27. The van der Waals surface area contributed by atoms with Crippen LogP contribution in [0.25, 0.3) is 21.8 Å². The third-order valence-electron chi connectivity index (χ3n) is 7.30. The number of nitrogens with one attached hydrogen (secondary N) is 1. The average Bonchev–Trinajstić information content (AvgIpc) is 3.55. The standard InChI is InChI=1S/C28H36N4O2S2/c1-2-20-3-5-23(6-4-20)27-25(17-30-32(27)18-22-9-13-35-14-10-22)28-31-24(19-36-28)15-26(33)29-16-21-7-11-34-12-8-21/h3-6,17,19,21-22H,2,7-16,18H2,1H3,(H,29,33). The molecule has 2 aromatic heterocycles. The number of aryl methyl sites for hydroxylation is 1. The minimum absolute atomic E-state index is 0.0413. The second-order valence-corrected chi connectivity index (χ2v) is 12.0. The molecule has 1 aromatic carbocycles. The lowest BCUT2D eigenvalue weighted by Crippen LogP contribution is -2.33. The summed E-state index contributed by atoms with van der Waals surface area (Å²) in [6.07, 6.45) is 7.84. The fourth-order valence-corrected chi connectivity index (χ4v) is 7.04. The van der Waals surface area contributed by atoms with Crippen molar-refractivity contribution in [1.29, 1.82) is 0 Å². The number of aromatic nitrogens is 3. The van der Waals surface area contributed by atoms with Gasteiger partial charge in [0.05, 0.1) is 29.6 Å². The van der Waals surface area contributed by atoms with Gasteiger partial charge in [0.1, 0.15) is 5.01 Å². The van der Waals surface area contributed by atoms with Gasteiger partial charge >= 0.3 is 0 Å². The Bertz CT molecular complexity index is 1130. The molecule has 0 bridgehead atoms. The number of benzene rings is 1. The van der Waals surface area contributed by atoms with E-state index in [1.807, 2.05) is 11.6 Å². The van der Waals surface area contributed by atoms with Gasteiger partial charge in [-0.2, -0.15) is 16.9 Å². The number of hydrogen-bond donors (Lipinski definition) is 1. The zero-order valence-corrected chi connectivity index (χ0v) is 22.7. The summed E-state index contributed by atoms with van der Waals surface area (Å²) in [6, 6.07) is 8.85. The SMILES string of the molecule is CCc1ccc(-c2c(-c3nc(CC(=O)NCC4CCOCC4)cs3)cnn2CC2CCSCC2)cc1. The van der Waals surface area contributed by atoms with Crippen LogP contribution in [0.15, 0.2) is 35.8 Å². The second-order valence-electron chi connectivity index (χ2n) is 9.88. The van der Waals surface area contributed by atoms with E-state index in [0.717, 1.165) is 67.5 Å². The summed E-state index contributed by atoms with van der Waals surface area (Å²) in [5, 5.41) is 10.9. The predicted molar refractivity (Wildman–Crippen MR) is 148 cm³/mol. The molecule has 2 aliphatic heterocycles. The van der Waals surface area contributed by atoms with Gasteiger partial charge in [0.2, 0.25) is 5.91 Å². The smallest absolute Gasteiger partial charge is 0.226 e. The molecule has 0 aliphatic carbocycles. The van der Waals surface area contributed by atoms with E-state index in [9.17, 15) is 4.79 Å². The number of hydrogen-bond acceptors (Lipinski definition) is 6. The quantitative estimate of drug-likeness (QED) is 0.402. The predicted octanol–water partition coefficient (Wildman–Crippen LogP) is 5.46. The van der Waals surface area contributed by atoms with Gasteiger partial charge < -0.3 is 10.1 Å². The number of ether oxygens (including phenoxy) is 1. The summed E-state index contributed by atoms with van der Waals surface area (Å²) < 4.78 is 7.61. The molecule has 2 fully saturated rings. The van der Waals surface area contributed by atoms with Crippen LogP contribution >= 0.6 is 23.1 Å². The first kappa shape index (κ1) is 25.5. The Labute approximate surface area is 222 Å². The van der Waals surface area contributed by atoms with Crippen molar-refractivity contribution < 1.29 is 9.53 Å². The maximum absolute atomic E-state index is 12.6. The molecule has 0 radical (unpaired) electrons. The van der Waals surface area contributed by atoms with Crippen LogP contribution in [0.1, 0.15) is 43.9 Å². The largest absolute Gasteiger partial charge is 0.381 e. The molecule has 2 aliphatic rings. The lowest BCUT2D eigenvalue weighted by molar-refractivity contribution is -0.120. The monoisotopic (exact) mass is 524 g/mol. The molecule has 0 spiro atoms. The Kier molecular flexibility index (Phi) is 8.77. The topological polar surface area (TPSA) is 69.0 Å². The third kappa shape index (κ3) is 6.39. The highest BCUT2D eigenvalue weighted by molar-refractivity contribution is 7.99. The van der Waals surface area contributed by atoms with Crippen LogP contribution in [0.2, 0.25) is 0 Å². The molecule has 0 atom stereocenters. The van der Waals surface area contributed by atoms with Crippen molar-refractivity contribution in [3.8, 4) is 21.8 Å². The van der Waals surface area contributed by atoms with Gasteiger partial charge in [-0.25, -0.2) is 4.98 Å². The molecule has 5 rings (SSSR count). The highest BCUT2D eigenvalue weighted by atomic mass is 32.2. The Morgan fingerprint density at radius 2 is 1.89 bits per heavy atom. The van der Waals surface area contributed by atoms with Crippen LogP contribution in [-0.4, -0.2) is 51.9 Å². The summed E-state index contributed by atoms with van der Waals surface area (Å²) in [5.74, 6) is 3.71. The molecule has 192 valence electrons. The van der Waals surface area contributed by atoms with E-state index >= 15 is 0 Å². The van der Waals surface area contributed by atoms with Crippen molar-refractivity contribution in [1.82, 2.24) is 20.1 Å². The van der Waals surface area contributed by atoms with E-state index in [2.05, 4.69) is 52.9 Å². The molecule has 4 heterocycles. The van der Waals surface area contributed by atoms with Gasteiger partial charge in [-0.3, -0.25) is 9.48 Å². The van der Waals surface area contributed by atoms with Gasteiger partial charge in [-0.05, 0) is 61.0 Å². The molecule has 0 unspecified atom stereocenters.